The second-order valence-corrected chi connectivity index (χ2v) is 10.3. The molecule has 0 heterocycles. The molecule has 1 spiro atoms. The van der Waals surface area contributed by atoms with Crippen LogP contribution in [0.2, 0.25) is 0 Å². The second-order valence-electron chi connectivity index (χ2n) is 10.3. The van der Waals surface area contributed by atoms with Crippen molar-refractivity contribution in [3.05, 3.63) is 40.7 Å². The number of fused-ring (bicyclic) bond motifs is 3. The fourth-order valence-corrected chi connectivity index (χ4v) is 7.53. The van der Waals surface area contributed by atoms with Crippen molar-refractivity contribution in [2.75, 3.05) is 34.9 Å². The number of esters is 1. The van der Waals surface area contributed by atoms with Crippen LogP contribution in [0.4, 0.5) is 0 Å². The molecular formula is C25H35N2O7+. The van der Waals surface area contributed by atoms with Gasteiger partial charge in [-0.2, -0.15) is 0 Å². The molecular weight excluding hydrogens is 440 g/mol. The Hall–Kier alpha value is -2.25. The fourth-order valence-electron chi connectivity index (χ4n) is 7.53. The van der Waals surface area contributed by atoms with Crippen LogP contribution < -0.4 is 0 Å². The highest BCUT2D eigenvalue weighted by atomic mass is 16.7. The second kappa shape index (κ2) is 9.08. The highest BCUT2D eigenvalue weighted by Gasteiger charge is 2.72. The minimum atomic E-state index is -0.917. The van der Waals surface area contributed by atoms with Gasteiger partial charge in [-0.15, -0.1) is 0 Å². The zero-order chi connectivity index (χ0) is 24.7. The van der Waals surface area contributed by atoms with E-state index in [1.165, 1.54) is 7.11 Å². The van der Waals surface area contributed by atoms with Gasteiger partial charge in [0.15, 0.2) is 10.7 Å². The Kier molecular flexibility index (Phi) is 6.64. The van der Waals surface area contributed by atoms with E-state index in [0.717, 1.165) is 30.2 Å². The number of hydrogen-bond donors (Lipinski definition) is 1. The molecule has 0 aromatic carbocycles. The van der Waals surface area contributed by atoms with E-state index in [2.05, 4.69) is 17.6 Å². The molecule has 4 rings (SSSR count). The summed E-state index contributed by atoms with van der Waals surface area (Å²) in [5, 5.41) is 20.3. The highest BCUT2D eigenvalue weighted by Crippen LogP contribution is 2.74. The van der Waals surface area contributed by atoms with Gasteiger partial charge in [-0.3, -0.25) is 4.79 Å². The first-order valence-corrected chi connectivity index (χ1v) is 11.7. The first-order chi connectivity index (χ1) is 16.2. The number of aliphatic hydroxyl groups is 1. The number of nitrogens with zero attached hydrogens (tertiary/aromatic N) is 2. The van der Waals surface area contributed by atoms with Gasteiger partial charge >= 0.3 is 12.2 Å². The van der Waals surface area contributed by atoms with Gasteiger partial charge in [0.1, 0.15) is 13.6 Å². The van der Waals surface area contributed by atoms with Crippen LogP contribution in [0.5, 0.6) is 0 Å². The number of carbonyl (C=O) groups is 1. The number of allylic oxidation sites excluding steroid dienone is 2. The molecule has 2 bridgehead atoms. The topological polar surface area (TPSA) is 112 Å². The summed E-state index contributed by atoms with van der Waals surface area (Å²) in [6, 6.07) is 0. The molecule has 3 fully saturated rings. The van der Waals surface area contributed by atoms with E-state index >= 15 is 0 Å². The first kappa shape index (κ1) is 24.9. The van der Waals surface area contributed by atoms with Crippen LogP contribution >= 0.6 is 0 Å². The summed E-state index contributed by atoms with van der Waals surface area (Å²) >= 11 is 0. The van der Waals surface area contributed by atoms with Gasteiger partial charge in [-0.1, -0.05) is 25.2 Å². The van der Waals surface area contributed by atoms with Crippen molar-refractivity contribution < 1.29 is 33.6 Å². The Bertz CT molecular complexity index is 955. The lowest BCUT2D eigenvalue weighted by Crippen LogP contribution is -2.46. The molecule has 0 saturated heterocycles. The average Bonchev–Trinajstić information content (AvgIpc) is 3.22. The maximum absolute atomic E-state index is 13.5. The van der Waals surface area contributed by atoms with E-state index in [-0.39, 0.29) is 43.3 Å². The molecule has 0 radical (unpaired) electrons. The first-order valence-electron chi connectivity index (χ1n) is 11.7. The number of rotatable bonds is 8. The van der Waals surface area contributed by atoms with Crippen LogP contribution in [0.25, 0.3) is 4.98 Å². The Morgan fingerprint density at radius 3 is 2.71 bits per heavy atom. The number of ether oxygens (including phenoxy) is 5. The fraction of sp³-hybridized carbons (Fsp3) is 0.720. The monoisotopic (exact) mass is 475 g/mol. The molecule has 0 aromatic rings. The molecule has 4 aliphatic rings. The Labute approximate surface area is 200 Å². The molecule has 0 aliphatic heterocycles. The van der Waals surface area contributed by atoms with Crippen molar-refractivity contribution in [3.63, 3.8) is 0 Å². The number of hydrogen-bond acceptors (Lipinski definition) is 8. The van der Waals surface area contributed by atoms with Gasteiger partial charge in [-0.05, 0) is 49.0 Å². The molecule has 34 heavy (non-hydrogen) atoms. The quantitative estimate of drug-likeness (QED) is 0.184. The molecule has 0 unspecified atom stereocenters. The smallest absolute Gasteiger partial charge is 0.387 e. The number of diazo groups is 1. The summed E-state index contributed by atoms with van der Waals surface area (Å²) < 4.78 is 27.8. The maximum Gasteiger partial charge on any atom is 0.387 e. The largest absolute Gasteiger partial charge is 0.505 e. The average molecular weight is 476 g/mol. The van der Waals surface area contributed by atoms with Gasteiger partial charge in [0.05, 0.1) is 24.7 Å². The van der Waals surface area contributed by atoms with Gasteiger partial charge in [0.25, 0.3) is 0 Å². The zero-order valence-corrected chi connectivity index (χ0v) is 20.4. The highest BCUT2D eigenvalue weighted by molar-refractivity contribution is 5.77. The van der Waals surface area contributed by atoms with Crippen LogP contribution in [0.3, 0.4) is 0 Å². The summed E-state index contributed by atoms with van der Waals surface area (Å²) in [7, 11) is 4.55. The molecule has 0 aromatic heterocycles. The normalized spacial score (nSPS) is 40.9. The number of methoxy groups -OCH3 is 3. The van der Waals surface area contributed by atoms with E-state index in [9.17, 15) is 15.3 Å². The molecule has 3 saturated carbocycles. The molecule has 7 atom stereocenters. The maximum atomic E-state index is 13.5. The molecule has 1 N–H and O–H groups in total. The van der Waals surface area contributed by atoms with E-state index in [1.807, 2.05) is 6.92 Å². The van der Waals surface area contributed by atoms with Crippen LogP contribution in [0.1, 0.15) is 39.0 Å². The van der Waals surface area contributed by atoms with Gasteiger partial charge in [0, 0.05) is 25.6 Å². The zero-order valence-electron chi connectivity index (χ0n) is 20.4. The predicted molar refractivity (Wildman–Crippen MR) is 122 cm³/mol. The van der Waals surface area contributed by atoms with Crippen molar-refractivity contribution in [1.29, 1.82) is 5.39 Å². The lowest BCUT2D eigenvalue weighted by Gasteiger charge is -2.44. The lowest BCUT2D eigenvalue weighted by molar-refractivity contribution is -0.161. The SMILES string of the molecule is C=C1C[C@]23C[C@@]1(OCOC)CC[C@H]2C1=C[C@H](OCOC)C[C@@](C)(/C(O)=C/[N+]#N)[C@H]1[C@@H]3C(=O)OC. The molecule has 186 valence electrons. The molecule has 9 heteroatoms. The summed E-state index contributed by atoms with van der Waals surface area (Å²) in [5.74, 6) is -1.21. The van der Waals surface area contributed by atoms with Gasteiger partial charge in [0.2, 0.25) is 5.39 Å². The van der Waals surface area contributed by atoms with Crippen molar-refractivity contribution in [1.82, 2.24) is 0 Å². The summed E-state index contributed by atoms with van der Waals surface area (Å²) in [6.07, 6.45) is 6.05. The van der Waals surface area contributed by atoms with Crippen LogP contribution in [-0.4, -0.2) is 57.7 Å². The van der Waals surface area contributed by atoms with Gasteiger partial charge < -0.3 is 28.8 Å². The Morgan fingerprint density at radius 2 is 2.06 bits per heavy atom. The summed E-state index contributed by atoms with van der Waals surface area (Å²) in [6.45, 7) is 6.52. The molecule has 9 nitrogen and oxygen atoms in total. The van der Waals surface area contributed by atoms with Gasteiger partial charge in [-0.25, -0.2) is 0 Å². The third-order valence-electron chi connectivity index (χ3n) is 8.81. The Morgan fingerprint density at radius 1 is 1.32 bits per heavy atom. The van der Waals surface area contributed by atoms with E-state index in [4.69, 9.17) is 23.7 Å². The molecule has 4 aliphatic carbocycles. The van der Waals surface area contributed by atoms with E-state index in [0.29, 0.717) is 19.3 Å². The van der Waals surface area contributed by atoms with E-state index in [1.54, 1.807) is 14.2 Å². The van der Waals surface area contributed by atoms with Crippen molar-refractivity contribution in [3.8, 4) is 0 Å². The molecule has 0 amide bonds. The van der Waals surface area contributed by atoms with E-state index < -0.39 is 22.3 Å². The number of aliphatic hydroxyl groups excluding tert-OH is 1. The van der Waals surface area contributed by atoms with Crippen LogP contribution in [0.15, 0.2) is 35.8 Å². The van der Waals surface area contributed by atoms with Crippen molar-refractivity contribution in [2.24, 2.45) is 28.6 Å². The third kappa shape index (κ3) is 3.51. The van der Waals surface area contributed by atoms with Crippen LogP contribution in [0, 0.1) is 34.0 Å². The minimum absolute atomic E-state index is 0.0762. The van der Waals surface area contributed by atoms with Crippen molar-refractivity contribution in [2.45, 2.75) is 50.7 Å². The summed E-state index contributed by atoms with van der Waals surface area (Å²) in [5.41, 5.74) is 0.130. The summed E-state index contributed by atoms with van der Waals surface area (Å²) in [4.78, 5) is 16.6. The van der Waals surface area contributed by atoms with Crippen molar-refractivity contribution >= 4 is 5.97 Å². The Balaban J connectivity index is 1.87. The standard InChI is InChI=1S/C25H34N2O7/c1-15-9-24-12-25(15,34-14-31-4)7-6-18(24)17-8-16(33-13-30-3)10-23(2,19(28)11-27-26)20(17)21(24)22(29)32-5/h8,11,16,18,20-21H,1,6-7,9-10,12-14H2,2-5H3/p+1/b19-11-/t16-,18-,20+,21+,23-,24-,25-/m0/s1. The van der Waals surface area contributed by atoms with Crippen LogP contribution in [-0.2, 0) is 28.5 Å². The number of carbonyl (C=O) groups excluding carboxylic acids is 1. The lowest BCUT2D eigenvalue weighted by atomic mass is 9.60. The minimum Gasteiger partial charge on any atom is -0.505 e. The third-order valence-corrected chi connectivity index (χ3v) is 8.81. The predicted octanol–water partition coefficient (Wildman–Crippen LogP) is 4.09.